The number of amides is 1. The summed E-state index contributed by atoms with van der Waals surface area (Å²) in [7, 11) is 0. The molecule has 1 aliphatic rings. The molecule has 0 heterocycles. The molecule has 0 saturated heterocycles. The third-order valence-electron chi connectivity index (χ3n) is 3.39. The van der Waals surface area contributed by atoms with Crippen LogP contribution >= 0.6 is 0 Å². The minimum absolute atomic E-state index is 0.0334. The van der Waals surface area contributed by atoms with Gasteiger partial charge < -0.3 is 10.4 Å². The lowest BCUT2D eigenvalue weighted by Gasteiger charge is -2.11. The highest BCUT2D eigenvalue weighted by molar-refractivity contribution is 5.88. The number of carbonyl (C=O) groups is 2. The summed E-state index contributed by atoms with van der Waals surface area (Å²) in [5, 5.41) is 11.2. The quantitative estimate of drug-likeness (QED) is 0.879. The van der Waals surface area contributed by atoms with Crippen LogP contribution in [0.2, 0.25) is 0 Å². The fraction of sp³-hybridized carbons (Fsp3) is 0.385. The van der Waals surface area contributed by atoms with Crippen LogP contribution in [-0.4, -0.2) is 22.9 Å². The molecule has 1 fully saturated rings. The second kappa shape index (κ2) is 4.29. The molecule has 1 aromatic carbocycles. The molecule has 1 aliphatic carbocycles. The zero-order chi connectivity index (χ0) is 14.3. The Morgan fingerprint density at radius 2 is 2.05 bits per heavy atom. The van der Waals surface area contributed by atoms with Crippen molar-refractivity contribution in [1.29, 1.82) is 0 Å². The first kappa shape index (κ1) is 13.5. The Labute approximate surface area is 108 Å². The van der Waals surface area contributed by atoms with E-state index in [9.17, 15) is 18.4 Å². The van der Waals surface area contributed by atoms with Crippen LogP contribution in [-0.2, 0) is 11.3 Å². The van der Waals surface area contributed by atoms with Crippen LogP contribution in [0.5, 0.6) is 0 Å². The number of benzene rings is 1. The number of carboxylic acid groups (broad SMARTS) is 1. The highest BCUT2D eigenvalue weighted by Crippen LogP contribution is 2.60. The van der Waals surface area contributed by atoms with Crippen molar-refractivity contribution in [2.24, 2.45) is 5.41 Å². The molecule has 0 spiro atoms. The van der Waals surface area contributed by atoms with Gasteiger partial charge in [0, 0.05) is 13.0 Å². The molecule has 1 aromatic rings. The van der Waals surface area contributed by atoms with Crippen LogP contribution in [0, 0.1) is 5.41 Å². The van der Waals surface area contributed by atoms with E-state index in [4.69, 9.17) is 5.11 Å². The lowest BCUT2D eigenvalue weighted by molar-refractivity contribution is -0.129. The number of nitrogens with one attached hydrogen (secondary N) is 1. The molecule has 0 radical (unpaired) electrons. The maximum absolute atomic E-state index is 13.0. The van der Waals surface area contributed by atoms with Crippen molar-refractivity contribution in [3.8, 4) is 0 Å². The first-order valence-corrected chi connectivity index (χ1v) is 5.75. The van der Waals surface area contributed by atoms with Crippen molar-refractivity contribution in [2.45, 2.75) is 25.8 Å². The van der Waals surface area contributed by atoms with Gasteiger partial charge >= 0.3 is 5.97 Å². The molecule has 1 unspecified atom stereocenters. The van der Waals surface area contributed by atoms with Crippen LogP contribution in [0.25, 0.3) is 0 Å². The predicted octanol–water partition coefficient (Wildman–Crippen LogP) is 2.05. The standard InChI is InChI=1S/C13H13F2NO3/c1-12(7-13(12,14)15)11(19)16-6-8-3-2-4-9(5-8)10(17)18/h2-5H,6-7H2,1H3,(H,16,19)(H,17,18). The van der Waals surface area contributed by atoms with E-state index in [0.29, 0.717) is 5.56 Å². The van der Waals surface area contributed by atoms with E-state index in [1.807, 2.05) is 0 Å². The molecular formula is C13H13F2NO3. The molecule has 2 rings (SSSR count). The van der Waals surface area contributed by atoms with Crippen molar-refractivity contribution in [3.63, 3.8) is 0 Å². The van der Waals surface area contributed by atoms with Gasteiger partial charge in [-0.25, -0.2) is 13.6 Å². The Bertz CT molecular complexity index is 544. The second-order valence-electron chi connectivity index (χ2n) is 4.90. The van der Waals surface area contributed by atoms with E-state index in [1.165, 1.54) is 19.1 Å². The molecule has 0 aliphatic heterocycles. The zero-order valence-electron chi connectivity index (χ0n) is 10.2. The highest BCUT2D eigenvalue weighted by Gasteiger charge is 2.72. The number of rotatable bonds is 4. The summed E-state index contributed by atoms with van der Waals surface area (Å²) in [6.07, 6.45) is -0.443. The van der Waals surface area contributed by atoms with Crippen molar-refractivity contribution < 1.29 is 23.5 Å². The third-order valence-corrected chi connectivity index (χ3v) is 3.39. The first-order chi connectivity index (χ1) is 8.76. The monoisotopic (exact) mass is 269 g/mol. The molecule has 6 heteroatoms. The Hall–Kier alpha value is -1.98. The van der Waals surface area contributed by atoms with E-state index in [1.54, 1.807) is 12.1 Å². The van der Waals surface area contributed by atoms with E-state index in [0.717, 1.165) is 0 Å². The Balaban J connectivity index is 1.98. The van der Waals surface area contributed by atoms with E-state index in [-0.39, 0.29) is 12.1 Å². The summed E-state index contributed by atoms with van der Waals surface area (Å²) in [5.41, 5.74) is -0.979. The van der Waals surface area contributed by atoms with Crippen LogP contribution in [0.15, 0.2) is 24.3 Å². The van der Waals surface area contributed by atoms with Gasteiger partial charge in [0.1, 0.15) is 5.41 Å². The average molecular weight is 269 g/mol. The smallest absolute Gasteiger partial charge is 0.335 e. The number of hydrogen-bond acceptors (Lipinski definition) is 2. The summed E-state index contributed by atoms with van der Waals surface area (Å²) >= 11 is 0. The predicted molar refractivity (Wildman–Crippen MR) is 62.9 cm³/mol. The molecule has 0 bridgehead atoms. The van der Waals surface area contributed by atoms with Crippen molar-refractivity contribution in [1.82, 2.24) is 5.32 Å². The number of carboxylic acids is 1. The fourth-order valence-corrected chi connectivity index (χ4v) is 1.84. The van der Waals surface area contributed by atoms with Gasteiger partial charge in [-0.15, -0.1) is 0 Å². The van der Waals surface area contributed by atoms with Gasteiger partial charge in [-0.2, -0.15) is 0 Å². The zero-order valence-corrected chi connectivity index (χ0v) is 10.2. The topological polar surface area (TPSA) is 66.4 Å². The van der Waals surface area contributed by atoms with Crippen LogP contribution in [0.1, 0.15) is 29.3 Å². The SMILES string of the molecule is CC1(C(=O)NCc2cccc(C(=O)O)c2)CC1(F)F. The minimum Gasteiger partial charge on any atom is -0.478 e. The lowest BCUT2D eigenvalue weighted by Crippen LogP contribution is -2.33. The van der Waals surface area contributed by atoms with Gasteiger partial charge in [-0.1, -0.05) is 12.1 Å². The van der Waals surface area contributed by atoms with Crippen molar-refractivity contribution in [2.75, 3.05) is 0 Å². The molecule has 1 amide bonds. The molecule has 0 aromatic heterocycles. The van der Waals surface area contributed by atoms with Gasteiger partial charge in [-0.05, 0) is 24.6 Å². The van der Waals surface area contributed by atoms with Crippen molar-refractivity contribution in [3.05, 3.63) is 35.4 Å². The van der Waals surface area contributed by atoms with Gasteiger partial charge in [0.2, 0.25) is 5.91 Å². The molecule has 4 nitrogen and oxygen atoms in total. The molecule has 19 heavy (non-hydrogen) atoms. The average Bonchev–Trinajstić information content (AvgIpc) is 2.87. The third kappa shape index (κ3) is 2.43. The highest BCUT2D eigenvalue weighted by atomic mass is 19.3. The molecule has 102 valence electrons. The Morgan fingerprint density at radius 1 is 1.42 bits per heavy atom. The summed E-state index contributed by atoms with van der Waals surface area (Å²) in [6.45, 7) is 1.25. The second-order valence-corrected chi connectivity index (χ2v) is 4.90. The lowest BCUT2D eigenvalue weighted by atomic mass is 10.1. The Morgan fingerprint density at radius 3 is 2.58 bits per heavy atom. The van der Waals surface area contributed by atoms with Gasteiger partial charge in [-0.3, -0.25) is 4.79 Å². The van der Waals surface area contributed by atoms with E-state index < -0.39 is 29.6 Å². The maximum atomic E-state index is 13.0. The van der Waals surface area contributed by atoms with Crippen LogP contribution < -0.4 is 5.32 Å². The normalized spacial score (nSPS) is 23.7. The van der Waals surface area contributed by atoms with E-state index in [2.05, 4.69) is 5.32 Å². The number of carbonyl (C=O) groups excluding carboxylic acids is 1. The van der Waals surface area contributed by atoms with Crippen LogP contribution in [0.3, 0.4) is 0 Å². The molecule has 1 atom stereocenters. The number of aromatic carboxylic acids is 1. The largest absolute Gasteiger partial charge is 0.478 e. The molecule has 1 saturated carbocycles. The van der Waals surface area contributed by atoms with Crippen molar-refractivity contribution >= 4 is 11.9 Å². The van der Waals surface area contributed by atoms with Gasteiger partial charge in [0.25, 0.3) is 5.92 Å². The number of halogens is 2. The Kier molecular flexibility index (Phi) is 3.04. The summed E-state index contributed by atoms with van der Waals surface area (Å²) < 4.78 is 26.0. The summed E-state index contributed by atoms with van der Waals surface area (Å²) in [4.78, 5) is 22.4. The fourth-order valence-electron chi connectivity index (χ4n) is 1.84. The number of alkyl halides is 2. The molecule has 2 N–H and O–H groups in total. The molecular weight excluding hydrogens is 256 g/mol. The summed E-state index contributed by atoms with van der Waals surface area (Å²) in [5.74, 6) is -4.73. The van der Waals surface area contributed by atoms with Gasteiger partial charge in [0.05, 0.1) is 5.56 Å². The minimum atomic E-state index is -2.94. The number of hydrogen-bond donors (Lipinski definition) is 2. The summed E-state index contributed by atoms with van der Waals surface area (Å²) in [6, 6.07) is 5.98. The first-order valence-electron chi connectivity index (χ1n) is 5.75. The maximum Gasteiger partial charge on any atom is 0.335 e. The van der Waals surface area contributed by atoms with Crippen LogP contribution in [0.4, 0.5) is 8.78 Å². The van der Waals surface area contributed by atoms with Gasteiger partial charge in [0.15, 0.2) is 0 Å². The van der Waals surface area contributed by atoms with E-state index >= 15 is 0 Å².